The molecule has 0 amide bonds. The predicted molar refractivity (Wildman–Crippen MR) is 108 cm³/mol. The Labute approximate surface area is 167 Å². The molecule has 0 spiro atoms. The molecular weight excluding hydrogens is 391 g/mol. The van der Waals surface area contributed by atoms with E-state index in [4.69, 9.17) is 0 Å². The van der Waals surface area contributed by atoms with Crippen LogP contribution in [0, 0.1) is 5.82 Å². The van der Waals surface area contributed by atoms with Gasteiger partial charge in [-0.1, -0.05) is 60.7 Å². The Kier molecular flexibility index (Phi) is 5.09. The van der Waals surface area contributed by atoms with Crippen LogP contribution in [0.2, 0.25) is 0 Å². The number of aromatic nitrogens is 3. The van der Waals surface area contributed by atoms with Crippen LogP contribution >= 0.6 is 0 Å². The Morgan fingerprint density at radius 3 is 2.14 bits per heavy atom. The molecule has 0 bridgehead atoms. The van der Waals surface area contributed by atoms with Crippen LogP contribution in [-0.4, -0.2) is 22.6 Å². The largest absolute Gasteiger partial charge is 0.349 e. The van der Waals surface area contributed by atoms with Crippen molar-refractivity contribution in [3.05, 3.63) is 96.3 Å². The van der Waals surface area contributed by atoms with Gasteiger partial charge in [0, 0.05) is 12.1 Å². The van der Waals surface area contributed by atoms with Gasteiger partial charge in [-0.2, -0.15) is 13.4 Å². The minimum absolute atomic E-state index is 0.0806. The molecule has 29 heavy (non-hydrogen) atoms. The van der Waals surface area contributed by atoms with E-state index in [9.17, 15) is 12.8 Å². The van der Waals surface area contributed by atoms with Crippen molar-refractivity contribution in [3.8, 4) is 11.4 Å². The summed E-state index contributed by atoms with van der Waals surface area (Å²) in [6.07, 6.45) is 0. The maximum absolute atomic E-state index is 13.1. The molecular formula is C21H17FN4O2S. The smallest absolute Gasteiger partial charge is 0.286 e. The van der Waals surface area contributed by atoms with E-state index in [1.807, 2.05) is 18.2 Å². The summed E-state index contributed by atoms with van der Waals surface area (Å²) in [6.45, 7) is 0.261. The number of benzene rings is 3. The van der Waals surface area contributed by atoms with Crippen molar-refractivity contribution in [2.45, 2.75) is 11.4 Å². The minimum Gasteiger partial charge on any atom is -0.349 e. The van der Waals surface area contributed by atoms with E-state index in [0.717, 1.165) is 9.65 Å². The number of hydrogen-bond acceptors (Lipinski definition) is 5. The third kappa shape index (κ3) is 4.02. The summed E-state index contributed by atoms with van der Waals surface area (Å²) >= 11 is 0. The number of hydrogen-bond donors (Lipinski definition) is 1. The normalized spacial score (nSPS) is 11.3. The summed E-state index contributed by atoms with van der Waals surface area (Å²) in [5, 5.41) is 7.25. The first-order valence-corrected chi connectivity index (χ1v) is 10.3. The van der Waals surface area contributed by atoms with Gasteiger partial charge in [0.2, 0.25) is 5.95 Å². The lowest BCUT2D eigenvalue weighted by Crippen LogP contribution is -2.18. The molecule has 146 valence electrons. The lowest BCUT2D eigenvalue weighted by molar-refractivity contribution is 0.580. The fourth-order valence-corrected chi connectivity index (χ4v) is 3.98. The molecule has 1 aromatic heterocycles. The van der Waals surface area contributed by atoms with Crippen molar-refractivity contribution in [1.29, 1.82) is 0 Å². The van der Waals surface area contributed by atoms with Crippen LogP contribution in [-0.2, 0) is 16.6 Å². The van der Waals surface area contributed by atoms with E-state index in [2.05, 4.69) is 15.4 Å². The maximum Gasteiger partial charge on any atom is 0.286 e. The van der Waals surface area contributed by atoms with Crippen LogP contribution in [0.15, 0.2) is 89.8 Å². The Balaban J connectivity index is 1.74. The zero-order valence-electron chi connectivity index (χ0n) is 15.2. The predicted octanol–water partition coefficient (Wildman–Crippen LogP) is 3.93. The molecule has 3 aromatic carbocycles. The lowest BCUT2D eigenvalue weighted by atomic mass is 10.2. The Morgan fingerprint density at radius 2 is 1.48 bits per heavy atom. The molecule has 6 nitrogen and oxygen atoms in total. The Bertz CT molecular complexity index is 1210. The molecule has 0 unspecified atom stereocenters. The van der Waals surface area contributed by atoms with Crippen molar-refractivity contribution in [2.24, 2.45) is 0 Å². The molecule has 0 aliphatic rings. The monoisotopic (exact) mass is 408 g/mol. The van der Waals surface area contributed by atoms with Crippen LogP contribution in [0.5, 0.6) is 0 Å². The van der Waals surface area contributed by atoms with Gasteiger partial charge in [0.25, 0.3) is 10.0 Å². The summed E-state index contributed by atoms with van der Waals surface area (Å²) in [7, 11) is -3.95. The maximum atomic E-state index is 13.1. The quantitative estimate of drug-likeness (QED) is 0.523. The zero-order valence-corrected chi connectivity index (χ0v) is 16.1. The standard InChI is InChI=1S/C21H17FN4O2S/c22-18-13-11-16(12-14-18)15-23-21-24-20(17-7-3-1-4-8-17)25-26(21)29(27,28)19-9-5-2-6-10-19/h1-14H,15H2,(H,23,24,25). The fourth-order valence-electron chi connectivity index (χ4n) is 2.76. The molecule has 0 fully saturated rings. The van der Waals surface area contributed by atoms with Crippen molar-refractivity contribution in [2.75, 3.05) is 5.32 Å². The van der Waals surface area contributed by atoms with E-state index < -0.39 is 10.0 Å². The van der Waals surface area contributed by atoms with Crippen molar-refractivity contribution in [3.63, 3.8) is 0 Å². The van der Waals surface area contributed by atoms with Crippen molar-refractivity contribution < 1.29 is 12.8 Å². The highest BCUT2D eigenvalue weighted by Gasteiger charge is 2.24. The molecule has 8 heteroatoms. The van der Waals surface area contributed by atoms with Gasteiger partial charge in [-0.05, 0) is 29.8 Å². The number of nitrogens with zero attached hydrogens (tertiary/aromatic N) is 3. The molecule has 0 aliphatic carbocycles. The molecule has 4 rings (SSSR count). The van der Waals surface area contributed by atoms with Crippen LogP contribution < -0.4 is 5.32 Å². The third-order valence-corrected chi connectivity index (χ3v) is 5.82. The van der Waals surface area contributed by atoms with Gasteiger partial charge >= 0.3 is 0 Å². The zero-order chi connectivity index (χ0) is 20.3. The molecule has 0 saturated carbocycles. The van der Waals surface area contributed by atoms with Gasteiger partial charge in [-0.3, -0.25) is 0 Å². The highest BCUT2D eigenvalue weighted by molar-refractivity contribution is 7.90. The average Bonchev–Trinajstić information content (AvgIpc) is 3.20. The molecule has 0 saturated heterocycles. The molecule has 0 aliphatic heterocycles. The highest BCUT2D eigenvalue weighted by atomic mass is 32.2. The third-order valence-electron chi connectivity index (χ3n) is 4.24. The summed E-state index contributed by atoms with van der Waals surface area (Å²) in [5.74, 6) is 0.0266. The molecule has 1 N–H and O–H groups in total. The second-order valence-corrected chi connectivity index (χ2v) is 8.03. The summed E-state index contributed by atoms with van der Waals surface area (Å²) in [6, 6.07) is 23.1. The topological polar surface area (TPSA) is 76.9 Å². The first-order valence-electron chi connectivity index (χ1n) is 8.85. The van der Waals surface area contributed by atoms with Gasteiger partial charge in [0.05, 0.1) is 4.90 Å². The van der Waals surface area contributed by atoms with Crippen LogP contribution in [0.4, 0.5) is 10.3 Å². The highest BCUT2D eigenvalue weighted by Crippen LogP contribution is 2.22. The van der Waals surface area contributed by atoms with Gasteiger partial charge in [0.1, 0.15) is 5.82 Å². The van der Waals surface area contributed by atoms with Gasteiger partial charge in [-0.25, -0.2) is 4.39 Å². The first-order chi connectivity index (χ1) is 14.0. The van der Waals surface area contributed by atoms with E-state index in [1.165, 1.54) is 24.3 Å². The Morgan fingerprint density at radius 1 is 0.862 bits per heavy atom. The summed E-state index contributed by atoms with van der Waals surface area (Å²) in [4.78, 5) is 4.50. The lowest BCUT2D eigenvalue weighted by Gasteiger charge is -2.09. The fraction of sp³-hybridized carbons (Fsp3) is 0.0476. The summed E-state index contributed by atoms with van der Waals surface area (Å²) < 4.78 is 40.3. The number of nitrogens with one attached hydrogen (secondary N) is 1. The molecule has 0 atom stereocenters. The second-order valence-electron chi connectivity index (χ2n) is 6.27. The number of halogens is 1. The van der Waals surface area contributed by atoms with Crippen LogP contribution in [0.25, 0.3) is 11.4 Å². The Hall–Kier alpha value is -3.52. The van der Waals surface area contributed by atoms with Crippen molar-refractivity contribution >= 4 is 16.0 Å². The van der Waals surface area contributed by atoms with Gasteiger partial charge in [0.15, 0.2) is 5.82 Å². The van der Waals surface area contributed by atoms with E-state index in [-0.39, 0.29) is 29.0 Å². The number of anilines is 1. The molecule has 1 heterocycles. The second kappa shape index (κ2) is 7.84. The first kappa shape index (κ1) is 18.8. The number of rotatable bonds is 6. The van der Waals surface area contributed by atoms with Crippen molar-refractivity contribution in [1.82, 2.24) is 14.2 Å². The van der Waals surface area contributed by atoms with E-state index >= 15 is 0 Å². The average molecular weight is 408 g/mol. The molecule has 0 radical (unpaired) electrons. The van der Waals surface area contributed by atoms with E-state index in [1.54, 1.807) is 42.5 Å². The van der Waals surface area contributed by atoms with Crippen LogP contribution in [0.3, 0.4) is 0 Å². The molecule has 4 aromatic rings. The van der Waals surface area contributed by atoms with Gasteiger partial charge in [-0.15, -0.1) is 9.19 Å². The van der Waals surface area contributed by atoms with Gasteiger partial charge < -0.3 is 5.32 Å². The van der Waals surface area contributed by atoms with Crippen LogP contribution in [0.1, 0.15) is 5.56 Å². The summed E-state index contributed by atoms with van der Waals surface area (Å²) in [5.41, 5.74) is 1.47. The SMILES string of the molecule is O=S(=O)(c1ccccc1)n1nc(-c2ccccc2)nc1NCc1ccc(F)cc1. The van der Waals surface area contributed by atoms with E-state index in [0.29, 0.717) is 5.56 Å². The minimum atomic E-state index is -3.95.